The number of hydrogen-bond donors (Lipinski definition) is 2. The molecular formula is C14H24N2OS. The molecule has 0 amide bonds. The summed E-state index contributed by atoms with van der Waals surface area (Å²) in [5, 5.41) is 3.41. The number of rotatable bonds is 9. The summed E-state index contributed by atoms with van der Waals surface area (Å²) in [6.45, 7) is 3.61. The average molecular weight is 268 g/mol. The zero-order chi connectivity index (χ0) is 13.2. The van der Waals surface area contributed by atoms with E-state index in [-0.39, 0.29) is 0 Å². The first-order valence-electron chi connectivity index (χ1n) is 6.53. The largest absolute Gasteiger partial charge is 0.492 e. The van der Waals surface area contributed by atoms with Crippen molar-refractivity contribution in [1.82, 2.24) is 0 Å². The van der Waals surface area contributed by atoms with Crippen LogP contribution in [0.15, 0.2) is 18.2 Å². The molecule has 0 unspecified atom stereocenters. The van der Waals surface area contributed by atoms with Crippen LogP contribution in [0.5, 0.6) is 5.75 Å². The molecule has 1 aromatic carbocycles. The number of ether oxygens (including phenoxy) is 1. The highest BCUT2D eigenvalue weighted by Crippen LogP contribution is 2.25. The number of hydrogen-bond acceptors (Lipinski definition) is 4. The van der Waals surface area contributed by atoms with Crippen LogP contribution in [0.2, 0.25) is 0 Å². The Kier molecular flexibility index (Phi) is 7.49. The summed E-state index contributed by atoms with van der Waals surface area (Å²) in [6.07, 6.45) is 5.94. The molecule has 0 saturated heterocycles. The van der Waals surface area contributed by atoms with Crippen LogP contribution in [-0.4, -0.2) is 25.2 Å². The third kappa shape index (κ3) is 5.54. The molecular weight excluding hydrogens is 244 g/mol. The molecule has 0 fully saturated rings. The smallest absolute Gasteiger partial charge is 0.144 e. The van der Waals surface area contributed by atoms with Crippen LogP contribution in [-0.2, 0) is 0 Å². The Morgan fingerprint density at radius 2 is 2.11 bits per heavy atom. The molecule has 0 radical (unpaired) electrons. The second-order valence-electron chi connectivity index (χ2n) is 4.17. The van der Waals surface area contributed by atoms with E-state index in [9.17, 15) is 0 Å². The van der Waals surface area contributed by atoms with Crippen molar-refractivity contribution in [3.63, 3.8) is 0 Å². The number of unbranched alkanes of at least 4 members (excludes halogenated alkanes) is 2. The minimum Gasteiger partial charge on any atom is -0.492 e. The van der Waals surface area contributed by atoms with Crippen LogP contribution in [0.3, 0.4) is 0 Å². The van der Waals surface area contributed by atoms with Crippen LogP contribution in [0, 0.1) is 0 Å². The first-order valence-corrected chi connectivity index (χ1v) is 7.92. The average Bonchev–Trinajstić information content (AvgIpc) is 2.37. The van der Waals surface area contributed by atoms with Gasteiger partial charge in [0.25, 0.3) is 0 Å². The van der Waals surface area contributed by atoms with E-state index in [2.05, 4.69) is 11.6 Å². The first kappa shape index (κ1) is 15.0. The van der Waals surface area contributed by atoms with Gasteiger partial charge in [0.1, 0.15) is 5.75 Å². The number of nitrogens with two attached hydrogens (primary N) is 1. The van der Waals surface area contributed by atoms with E-state index >= 15 is 0 Å². The molecule has 3 N–H and O–H groups in total. The third-order valence-corrected chi connectivity index (χ3v) is 3.36. The predicted octanol–water partition coefficient (Wildman–Crippen LogP) is 3.61. The van der Waals surface area contributed by atoms with Gasteiger partial charge in [0, 0.05) is 18.3 Å². The Labute approximate surface area is 114 Å². The predicted molar refractivity (Wildman–Crippen MR) is 82.7 cm³/mol. The normalized spacial score (nSPS) is 10.3. The summed E-state index contributed by atoms with van der Waals surface area (Å²) in [6, 6.07) is 5.86. The second kappa shape index (κ2) is 8.97. The molecule has 18 heavy (non-hydrogen) atoms. The highest BCUT2D eigenvalue weighted by Gasteiger charge is 2.01. The molecule has 0 atom stereocenters. The highest BCUT2D eigenvalue weighted by atomic mass is 32.2. The molecule has 0 aromatic heterocycles. The van der Waals surface area contributed by atoms with Gasteiger partial charge in [-0.05, 0) is 43.9 Å². The number of nitrogen functional groups attached to an aromatic ring is 1. The van der Waals surface area contributed by atoms with E-state index < -0.39 is 0 Å². The van der Waals surface area contributed by atoms with Gasteiger partial charge in [-0.15, -0.1) is 0 Å². The molecule has 0 saturated carbocycles. The molecule has 102 valence electrons. The van der Waals surface area contributed by atoms with Crippen molar-refractivity contribution in [3.05, 3.63) is 18.2 Å². The van der Waals surface area contributed by atoms with Crippen LogP contribution in [0.25, 0.3) is 0 Å². The van der Waals surface area contributed by atoms with Gasteiger partial charge in [-0.1, -0.05) is 6.42 Å². The quantitative estimate of drug-likeness (QED) is 0.530. The summed E-state index contributed by atoms with van der Waals surface area (Å²) in [7, 11) is 0. The van der Waals surface area contributed by atoms with E-state index in [1.165, 1.54) is 25.0 Å². The van der Waals surface area contributed by atoms with E-state index in [1.807, 2.05) is 36.9 Å². The topological polar surface area (TPSA) is 47.3 Å². The van der Waals surface area contributed by atoms with Crippen LogP contribution in [0.1, 0.15) is 26.2 Å². The van der Waals surface area contributed by atoms with Crippen molar-refractivity contribution < 1.29 is 4.74 Å². The zero-order valence-electron chi connectivity index (χ0n) is 11.4. The van der Waals surface area contributed by atoms with Gasteiger partial charge in [-0.3, -0.25) is 0 Å². The Bertz CT molecular complexity index is 345. The molecule has 1 rings (SSSR count). The first-order chi connectivity index (χ1) is 8.77. The number of nitrogens with one attached hydrogen (secondary N) is 1. The molecule has 0 bridgehead atoms. The van der Waals surface area contributed by atoms with Crippen molar-refractivity contribution in [2.75, 3.05) is 36.2 Å². The van der Waals surface area contributed by atoms with Gasteiger partial charge in [-0.2, -0.15) is 11.8 Å². The van der Waals surface area contributed by atoms with Gasteiger partial charge in [-0.25, -0.2) is 0 Å². The summed E-state index contributed by atoms with van der Waals surface area (Å²) in [5.41, 5.74) is 7.61. The Morgan fingerprint density at radius 3 is 2.83 bits per heavy atom. The minimum absolute atomic E-state index is 0.641. The maximum Gasteiger partial charge on any atom is 0.144 e. The molecule has 0 aliphatic rings. The number of thioether (sulfide) groups is 1. The van der Waals surface area contributed by atoms with E-state index in [0.717, 1.165) is 18.0 Å². The maximum absolute atomic E-state index is 5.83. The lowest BCUT2D eigenvalue weighted by atomic mass is 10.2. The summed E-state index contributed by atoms with van der Waals surface area (Å²) >= 11 is 1.91. The van der Waals surface area contributed by atoms with Gasteiger partial charge in [0.15, 0.2) is 0 Å². The van der Waals surface area contributed by atoms with Gasteiger partial charge >= 0.3 is 0 Å². The molecule has 4 heteroatoms. The van der Waals surface area contributed by atoms with Crippen molar-refractivity contribution >= 4 is 23.1 Å². The van der Waals surface area contributed by atoms with Crippen molar-refractivity contribution in [3.8, 4) is 5.75 Å². The highest BCUT2D eigenvalue weighted by molar-refractivity contribution is 7.98. The molecule has 1 aromatic rings. The molecule has 0 aliphatic carbocycles. The zero-order valence-corrected chi connectivity index (χ0v) is 12.2. The fourth-order valence-corrected chi connectivity index (χ4v) is 2.20. The number of anilines is 2. The monoisotopic (exact) mass is 268 g/mol. The van der Waals surface area contributed by atoms with E-state index in [4.69, 9.17) is 10.5 Å². The Balaban J connectivity index is 2.31. The van der Waals surface area contributed by atoms with Crippen LogP contribution < -0.4 is 15.8 Å². The van der Waals surface area contributed by atoms with Crippen molar-refractivity contribution in [2.45, 2.75) is 26.2 Å². The van der Waals surface area contributed by atoms with E-state index in [0.29, 0.717) is 12.3 Å². The lowest BCUT2D eigenvalue weighted by Crippen LogP contribution is -2.03. The summed E-state index contributed by atoms with van der Waals surface area (Å²) in [5.74, 6) is 2.03. The standard InChI is InChI=1S/C14H24N2OS/c1-3-17-14-11-12(7-8-13(14)15)16-9-5-4-6-10-18-2/h7-8,11,16H,3-6,9-10,15H2,1-2H3. The lowest BCUT2D eigenvalue weighted by Gasteiger charge is -2.11. The van der Waals surface area contributed by atoms with Gasteiger partial charge in [0.05, 0.1) is 12.3 Å². The molecule has 0 heterocycles. The van der Waals surface area contributed by atoms with Gasteiger partial charge in [0.2, 0.25) is 0 Å². The Hall–Kier alpha value is -1.03. The van der Waals surface area contributed by atoms with Crippen LogP contribution in [0.4, 0.5) is 11.4 Å². The minimum atomic E-state index is 0.641. The number of benzene rings is 1. The summed E-state index contributed by atoms with van der Waals surface area (Å²) in [4.78, 5) is 0. The molecule has 0 spiro atoms. The maximum atomic E-state index is 5.83. The van der Waals surface area contributed by atoms with E-state index in [1.54, 1.807) is 0 Å². The Morgan fingerprint density at radius 1 is 1.28 bits per heavy atom. The fourth-order valence-electron chi connectivity index (χ4n) is 1.71. The SMILES string of the molecule is CCOc1cc(NCCCCCSC)ccc1N. The van der Waals surface area contributed by atoms with Crippen molar-refractivity contribution in [1.29, 1.82) is 0 Å². The molecule has 0 aliphatic heterocycles. The van der Waals surface area contributed by atoms with Crippen LogP contribution >= 0.6 is 11.8 Å². The van der Waals surface area contributed by atoms with Gasteiger partial charge < -0.3 is 15.8 Å². The third-order valence-electron chi connectivity index (χ3n) is 2.67. The summed E-state index contributed by atoms with van der Waals surface area (Å²) < 4.78 is 5.47. The lowest BCUT2D eigenvalue weighted by molar-refractivity contribution is 0.342. The van der Waals surface area contributed by atoms with Crippen molar-refractivity contribution in [2.24, 2.45) is 0 Å². The fraction of sp³-hybridized carbons (Fsp3) is 0.571. The second-order valence-corrected chi connectivity index (χ2v) is 5.15. The molecule has 3 nitrogen and oxygen atoms in total.